The fourth-order valence-electron chi connectivity index (χ4n) is 2.84. The van der Waals surface area contributed by atoms with Crippen LogP contribution in [0.1, 0.15) is 24.7 Å². The number of hydrogen-bond acceptors (Lipinski definition) is 3. The van der Waals surface area contributed by atoms with Crippen molar-refractivity contribution >= 4 is 11.6 Å². The molecule has 1 atom stereocenters. The first-order chi connectivity index (χ1) is 10.6. The summed E-state index contributed by atoms with van der Waals surface area (Å²) in [5.41, 5.74) is 1.92. The molecule has 116 valence electrons. The van der Waals surface area contributed by atoms with Gasteiger partial charge in [-0.05, 0) is 55.7 Å². The van der Waals surface area contributed by atoms with Crippen molar-refractivity contribution in [3.8, 4) is 0 Å². The van der Waals surface area contributed by atoms with E-state index in [1.165, 1.54) is 6.07 Å². The van der Waals surface area contributed by atoms with Crippen molar-refractivity contribution in [3.05, 3.63) is 53.7 Å². The van der Waals surface area contributed by atoms with Gasteiger partial charge in [-0.1, -0.05) is 0 Å². The lowest BCUT2D eigenvalue weighted by atomic mass is 9.96. The molecule has 1 aliphatic rings. The van der Waals surface area contributed by atoms with Gasteiger partial charge in [-0.25, -0.2) is 4.39 Å². The lowest BCUT2D eigenvalue weighted by Crippen LogP contribution is -2.44. The number of benzene rings is 1. The minimum Gasteiger partial charge on any atom is -0.467 e. The first-order valence-corrected chi connectivity index (χ1v) is 7.47. The minimum absolute atomic E-state index is 0.0691. The SMILES string of the molecule is CC1CCc2cc(F)ccc2N1CC(=O)NCc1ccco1. The summed E-state index contributed by atoms with van der Waals surface area (Å²) in [6.07, 6.45) is 3.35. The van der Waals surface area contributed by atoms with Crippen molar-refractivity contribution in [3.63, 3.8) is 0 Å². The third kappa shape index (κ3) is 3.13. The molecule has 1 N–H and O–H groups in total. The molecule has 1 amide bonds. The van der Waals surface area contributed by atoms with E-state index in [2.05, 4.69) is 12.2 Å². The first-order valence-electron chi connectivity index (χ1n) is 7.47. The number of rotatable bonds is 4. The molecule has 0 fully saturated rings. The predicted molar refractivity (Wildman–Crippen MR) is 82.1 cm³/mol. The van der Waals surface area contributed by atoms with Crippen LogP contribution in [0.15, 0.2) is 41.0 Å². The van der Waals surface area contributed by atoms with E-state index in [1.54, 1.807) is 24.5 Å². The average Bonchev–Trinajstić information content (AvgIpc) is 3.01. The smallest absolute Gasteiger partial charge is 0.239 e. The zero-order chi connectivity index (χ0) is 15.5. The van der Waals surface area contributed by atoms with Crippen LogP contribution < -0.4 is 10.2 Å². The van der Waals surface area contributed by atoms with Crippen molar-refractivity contribution < 1.29 is 13.6 Å². The van der Waals surface area contributed by atoms with Gasteiger partial charge in [0.05, 0.1) is 19.4 Å². The van der Waals surface area contributed by atoms with Crippen LogP contribution in [0.25, 0.3) is 0 Å². The van der Waals surface area contributed by atoms with Gasteiger partial charge in [0, 0.05) is 11.7 Å². The van der Waals surface area contributed by atoms with E-state index in [1.807, 2.05) is 11.0 Å². The summed E-state index contributed by atoms with van der Waals surface area (Å²) in [6.45, 7) is 2.73. The molecular weight excluding hydrogens is 283 g/mol. The van der Waals surface area contributed by atoms with E-state index in [4.69, 9.17) is 4.42 Å². The Labute approximate surface area is 128 Å². The highest BCUT2D eigenvalue weighted by molar-refractivity contribution is 5.82. The molecule has 3 rings (SSSR count). The quantitative estimate of drug-likeness (QED) is 0.944. The van der Waals surface area contributed by atoms with Gasteiger partial charge in [0.1, 0.15) is 11.6 Å². The van der Waals surface area contributed by atoms with E-state index in [9.17, 15) is 9.18 Å². The molecule has 0 aliphatic carbocycles. The van der Waals surface area contributed by atoms with Crippen molar-refractivity contribution in [1.29, 1.82) is 0 Å². The van der Waals surface area contributed by atoms with E-state index in [0.29, 0.717) is 6.54 Å². The van der Waals surface area contributed by atoms with Gasteiger partial charge in [-0.3, -0.25) is 4.79 Å². The molecule has 0 spiro atoms. The molecule has 1 aromatic carbocycles. The molecule has 0 bridgehead atoms. The maximum Gasteiger partial charge on any atom is 0.239 e. The highest BCUT2D eigenvalue weighted by Crippen LogP contribution is 2.30. The molecule has 1 unspecified atom stereocenters. The van der Waals surface area contributed by atoms with E-state index in [0.717, 1.165) is 29.9 Å². The van der Waals surface area contributed by atoms with Crippen molar-refractivity contribution in [2.45, 2.75) is 32.4 Å². The molecule has 0 radical (unpaired) electrons. The molecule has 0 saturated carbocycles. The monoisotopic (exact) mass is 302 g/mol. The third-order valence-electron chi connectivity index (χ3n) is 4.07. The summed E-state index contributed by atoms with van der Waals surface area (Å²) in [5.74, 6) is 0.429. The van der Waals surface area contributed by atoms with Crippen LogP contribution in [0.4, 0.5) is 10.1 Å². The number of carbonyl (C=O) groups is 1. The Balaban J connectivity index is 1.67. The van der Waals surface area contributed by atoms with Crippen LogP contribution in [0, 0.1) is 5.82 Å². The number of aryl methyl sites for hydroxylation is 1. The van der Waals surface area contributed by atoms with Crippen LogP contribution in [0.3, 0.4) is 0 Å². The number of furan rings is 1. The van der Waals surface area contributed by atoms with Crippen LogP contribution in [-0.4, -0.2) is 18.5 Å². The van der Waals surface area contributed by atoms with E-state index in [-0.39, 0.29) is 24.3 Å². The van der Waals surface area contributed by atoms with Gasteiger partial charge in [0.25, 0.3) is 0 Å². The number of carbonyl (C=O) groups excluding carboxylic acids is 1. The van der Waals surface area contributed by atoms with Gasteiger partial charge >= 0.3 is 0 Å². The van der Waals surface area contributed by atoms with Gasteiger partial charge in [0.2, 0.25) is 5.91 Å². The van der Waals surface area contributed by atoms with Gasteiger partial charge < -0.3 is 14.6 Å². The van der Waals surface area contributed by atoms with Gasteiger partial charge in [-0.15, -0.1) is 0 Å². The van der Waals surface area contributed by atoms with Crippen molar-refractivity contribution in [1.82, 2.24) is 5.32 Å². The summed E-state index contributed by atoms with van der Waals surface area (Å²) < 4.78 is 18.5. The number of halogens is 1. The van der Waals surface area contributed by atoms with Crippen molar-refractivity contribution in [2.75, 3.05) is 11.4 Å². The molecule has 2 aromatic rings. The number of nitrogens with zero attached hydrogens (tertiary/aromatic N) is 1. The molecule has 2 heterocycles. The Hall–Kier alpha value is -2.30. The average molecular weight is 302 g/mol. The summed E-state index contributed by atoms with van der Waals surface area (Å²) in [6, 6.07) is 8.65. The number of amides is 1. The zero-order valence-corrected chi connectivity index (χ0v) is 12.5. The molecule has 1 aliphatic heterocycles. The fourth-order valence-corrected chi connectivity index (χ4v) is 2.84. The maximum absolute atomic E-state index is 13.4. The Morgan fingerprint density at radius 1 is 1.45 bits per heavy atom. The van der Waals surface area contributed by atoms with Crippen LogP contribution in [-0.2, 0) is 17.8 Å². The molecule has 1 aromatic heterocycles. The third-order valence-corrected chi connectivity index (χ3v) is 4.07. The predicted octanol–water partition coefficient (Wildman–Crippen LogP) is 2.88. The van der Waals surface area contributed by atoms with Crippen LogP contribution >= 0.6 is 0 Å². The minimum atomic E-state index is -0.226. The Kier molecular flexibility index (Phi) is 4.13. The summed E-state index contributed by atoms with van der Waals surface area (Å²) in [5, 5.41) is 2.85. The van der Waals surface area contributed by atoms with E-state index >= 15 is 0 Å². The number of nitrogens with one attached hydrogen (secondary N) is 1. The van der Waals surface area contributed by atoms with Crippen molar-refractivity contribution in [2.24, 2.45) is 0 Å². The summed E-state index contributed by atoms with van der Waals surface area (Å²) >= 11 is 0. The number of hydrogen-bond donors (Lipinski definition) is 1. The van der Waals surface area contributed by atoms with Gasteiger partial charge in [-0.2, -0.15) is 0 Å². The Morgan fingerprint density at radius 2 is 2.32 bits per heavy atom. The molecule has 5 heteroatoms. The second kappa shape index (κ2) is 6.22. The molecule has 4 nitrogen and oxygen atoms in total. The first kappa shape index (κ1) is 14.6. The molecular formula is C17H19FN2O2. The maximum atomic E-state index is 13.4. The standard InChI is InChI=1S/C17H19FN2O2/c1-12-4-5-13-9-14(18)6-7-16(13)20(12)11-17(21)19-10-15-3-2-8-22-15/h2-3,6-9,12H,4-5,10-11H2,1H3,(H,19,21). The second-order valence-corrected chi connectivity index (χ2v) is 5.64. The van der Waals surface area contributed by atoms with Gasteiger partial charge in [0.15, 0.2) is 0 Å². The Bertz CT molecular complexity index is 655. The number of anilines is 1. The lowest BCUT2D eigenvalue weighted by Gasteiger charge is -2.36. The highest BCUT2D eigenvalue weighted by Gasteiger charge is 2.25. The zero-order valence-electron chi connectivity index (χ0n) is 12.5. The summed E-state index contributed by atoms with van der Waals surface area (Å²) in [4.78, 5) is 14.2. The normalized spacial score (nSPS) is 17.2. The topological polar surface area (TPSA) is 45.5 Å². The fraction of sp³-hybridized carbons (Fsp3) is 0.353. The molecule has 0 saturated heterocycles. The highest BCUT2D eigenvalue weighted by atomic mass is 19.1. The van der Waals surface area contributed by atoms with Crippen LogP contribution in [0.2, 0.25) is 0 Å². The lowest BCUT2D eigenvalue weighted by molar-refractivity contribution is -0.120. The largest absolute Gasteiger partial charge is 0.467 e. The van der Waals surface area contributed by atoms with E-state index < -0.39 is 0 Å². The Morgan fingerprint density at radius 3 is 3.09 bits per heavy atom. The van der Waals surface area contributed by atoms with Crippen LogP contribution in [0.5, 0.6) is 0 Å². The number of fused-ring (bicyclic) bond motifs is 1. The summed E-state index contributed by atoms with van der Waals surface area (Å²) in [7, 11) is 0. The second-order valence-electron chi connectivity index (χ2n) is 5.64. The molecule has 22 heavy (non-hydrogen) atoms.